The van der Waals surface area contributed by atoms with E-state index in [0.29, 0.717) is 21.8 Å². The highest BCUT2D eigenvalue weighted by Gasteiger charge is 2.21. The number of sulfonamides is 2. The minimum Gasteiger partial charge on any atom is -0.408 e. The van der Waals surface area contributed by atoms with Gasteiger partial charge in [0.15, 0.2) is 5.58 Å². The van der Waals surface area contributed by atoms with Crippen molar-refractivity contribution in [1.82, 2.24) is 4.98 Å². The van der Waals surface area contributed by atoms with E-state index in [1.54, 1.807) is 19.1 Å². The molecule has 0 atom stereocenters. The van der Waals surface area contributed by atoms with Crippen LogP contribution in [0.3, 0.4) is 0 Å². The summed E-state index contributed by atoms with van der Waals surface area (Å²) in [7, 11) is -8.10. The molecule has 0 bridgehead atoms. The average molecular weight is 494 g/mol. The fraction of sp³-hybridized carbons (Fsp3) is 0.0500. The molecule has 32 heavy (non-hydrogen) atoms. The Bertz CT molecular complexity index is 1590. The number of rotatable bonds is 6. The van der Waals surface area contributed by atoms with Crippen molar-refractivity contribution in [2.24, 2.45) is 0 Å². The summed E-state index contributed by atoms with van der Waals surface area (Å²) in [5, 5.41) is 0.456. The first-order chi connectivity index (χ1) is 15.0. The Morgan fingerprint density at radius 2 is 1.50 bits per heavy atom. The summed E-state index contributed by atoms with van der Waals surface area (Å²) >= 11 is 5.83. The lowest BCUT2D eigenvalue weighted by atomic mass is 10.2. The predicted molar refractivity (Wildman–Crippen MR) is 121 cm³/mol. The van der Waals surface area contributed by atoms with E-state index in [-0.39, 0.29) is 21.1 Å². The number of oxazole rings is 1. The highest BCUT2D eigenvalue weighted by atomic mass is 35.5. The Hall–Kier alpha value is -3.28. The molecule has 0 radical (unpaired) electrons. The van der Waals surface area contributed by atoms with Crippen molar-refractivity contribution in [3.05, 3.63) is 81.8 Å². The van der Waals surface area contributed by atoms with E-state index in [4.69, 9.17) is 16.0 Å². The van der Waals surface area contributed by atoms with Crippen LogP contribution in [-0.4, -0.2) is 21.8 Å². The average Bonchev–Trinajstić information content (AvgIpc) is 3.10. The minimum absolute atomic E-state index is 0.0442. The number of hydrogen-bond acceptors (Lipinski definition) is 6. The second-order valence-electron chi connectivity index (χ2n) is 6.87. The number of hydrogen-bond donors (Lipinski definition) is 3. The molecule has 0 fully saturated rings. The Morgan fingerprint density at radius 3 is 2.22 bits per heavy atom. The molecule has 4 aromatic rings. The van der Waals surface area contributed by atoms with E-state index in [0.717, 1.165) is 0 Å². The summed E-state index contributed by atoms with van der Waals surface area (Å²) in [5.74, 6) is -0.705. The van der Waals surface area contributed by atoms with Gasteiger partial charge in [-0.1, -0.05) is 17.7 Å². The largest absolute Gasteiger partial charge is 0.417 e. The first kappa shape index (κ1) is 21.9. The summed E-state index contributed by atoms with van der Waals surface area (Å²) in [6.07, 6.45) is 0. The third-order valence-corrected chi connectivity index (χ3v) is 7.68. The maximum absolute atomic E-state index is 12.9. The quantitative estimate of drug-likeness (QED) is 0.374. The van der Waals surface area contributed by atoms with E-state index >= 15 is 0 Å². The Morgan fingerprint density at radius 1 is 0.844 bits per heavy atom. The zero-order valence-electron chi connectivity index (χ0n) is 16.4. The molecule has 1 heterocycles. The predicted octanol–water partition coefficient (Wildman–Crippen LogP) is 3.68. The lowest BCUT2D eigenvalue weighted by molar-refractivity contribution is 0.554. The molecule has 4 rings (SSSR count). The number of aryl methyl sites for hydroxylation is 1. The van der Waals surface area contributed by atoms with Crippen LogP contribution in [0.5, 0.6) is 0 Å². The van der Waals surface area contributed by atoms with Crippen molar-refractivity contribution in [2.45, 2.75) is 16.7 Å². The van der Waals surface area contributed by atoms with Crippen molar-refractivity contribution in [1.29, 1.82) is 0 Å². The molecule has 3 N–H and O–H groups in total. The standard InChI is InChI=1S/C20H16ClN3O6S2/c1-12-2-5-15(10-19(12)32(28,29)23-14-6-3-13(21)4-7-14)24-31(26,27)16-8-9-17-18(11-16)30-20(25)22-17/h2-11,23-24H,1H3,(H,22,25). The van der Waals surface area contributed by atoms with Gasteiger partial charge in [0.2, 0.25) is 0 Å². The maximum Gasteiger partial charge on any atom is 0.417 e. The highest BCUT2D eigenvalue weighted by Crippen LogP contribution is 2.26. The van der Waals surface area contributed by atoms with Crippen molar-refractivity contribution in [3.63, 3.8) is 0 Å². The summed E-state index contributed by atoms with van der Waals surface area (Å²) in [6.45, 7) is 1.59. The van der Waals surface area contributed by atoms with E-state index in [2.05, 4.69) is 14.4 Å². The first-order valence-corrected chi connectivity index (χ1v) is 12.4. The van der Waals surface area contributed by atoms with Crippen LogP contribution in [0.25, 0.3) is 11.1 Å². The molecule has 0 saturated carbocycles. The molecule has 0 aliphatic carbocycles. The molecular weight excluding hydrogens is 478 g/mol. The topological polar surface area (TPSA) is 138 Å². The zero-order valence-corrected chi connectivity index (χ0v) is 18.8. The lowest BCUT2D eigenvalue weighted by Gasteiger charge is -2.13. The van der Waals surface area contributed by atoms with E-state index in [1.165, 1.54) is 48.5 Å². The van der Waals surface area contributed by atoms with Gasteiger partial charge in [-0.2, -0.15) is 0 Å². The lowest BCUT2D eigenvalue weighted by Crippen LogP contribution is -2.16. The van der Waals surface area contributed by atoms with Crippen LogP contribution in [0.4, 0.5) is 11.4 Å². The smallest absolute Gasteiger partial charge is 0.408 e. The monoisotopic (exact) mass is 493 g/mol. The fourth-order valence-corrected chi connectivity index (χ4v) is 5.51. The number of fused-ring (bicyclic) bond motifs is 1. The molecule has 0 amide bonds. The first-order valence-electron chi connectivity index (χ1n) is 9.08. The fourth-order valence-electron chi connectivity index (χ4n) is 2.99. The van der Waals surface area contributed by atoms with Crippen molar-refractivity contribution < 1.29 is 21.3 Å². The third kappa shape index (κ3) is 4.49. The minimum atomic E-state index is -4.09. The summed E-state index contributed by atoms with van der Waals surface area (Å²) in [5.41, 5.74) is 1.21. The molecule has 166 valence electrons. The van der Waals surface area contributed by atoms with Crippen LogP contribution in [0.2, 0.25) is 5.02 Å². The van der Waals surface area contributed by atoms with Crippen LogP contribution in [-0.2, 0) is 20.0 Å². The van der Waals surface area contributed by atoms with E-state index in [9.17, 15) is 21.6 Å². The molecule has 3 aromatic carbocycles. The van der Waals surface area contributed by atoms with Crippen molar-refractivity contribution in [3.8, 4) is 0 Å². The summed E-state index contributed by atoms with van der Waals surface area (Å²) in [4.78, 5) is 13.5. The highest BCUT2D eigenvalue weighted by molar-refractivity contribution is 7.93. The number of aromatic amines is 1. The molecule has 0 unspecified atom stereocenters. The Kier molecular flexibility index (Phi) is 5.49. The molecular formula is C20H16ClN3O6S2. The van der Waals surface area contributed by atoms with Crippen LogP contribution in [0.1, 0.15) is 5.56 Å². The number of H-pyrrole nitrogens is 1. The number of nitrogens with one attached hydrogen (secondary N) is 3. The van der Waals surface area contributed by atoms with E-state index in [1.807, 2.05) is 0 Å². The van der Waals surface area contributed by atoms with Crippen LogP contribution in [0, 0.1) is 6.92 Å². The van der Waals surface area contributed by atoms with Gasteiger partial charge in [-0.05, 0) is 61.0 Å². The van der Waals surface area contributed by atoms with Crippen molar-refractivity contribution >= 4 is 54.1 Å². The molecule has 12 heteroatoms. The second kappa shape index (κ2) is 8.01. The van der Waals surface area contributed by atoms with Gasteiger partial charge in [0, 0.05) is 16.8 Å². The normalized spacial score (nSPS) is 12.1. The molecule has 0 aliphatic heterocycles. The van der Waals surface area contributed by atoms with Gasteiger partial charge in [0.05, 0.1) is 21.0 Å². The Balaban J connectivity index is 1.65. The van der Waals surface area contributed by atoms with Crippen LogP contribution >= 0.6 is 11.6 Å². The van der Waals surface area contributed by atoms with Gasteiger partial charge >= 0.3 is 5.76 Å². The molecule has 0 saturated heterocycles. The van der Waals surface area contributed by atoms with Gasteiger partial charge in [-0.3, -0.25) is 14.4 Å². The van der Waals surface area contributed by atoms with Gasteiger partial charge in [0.25, 0.3) is 20.0 Å². The van der Waals surface area contributed by atoms with Crippen LogP contribution in [0.15, 0.2) is 79.7 Å². The van der Waals surface area contributed by atoms with Gasteiger partial charge in [0.1, 0.15) is 0 Å². The number of aromatic nitrogens is 1. The molecule has 1 aromatic heterocycles. The Labute approximate surface area is 188 Å². The number of benzene rings is 3. The summed E-state index contributed by atoms with van der Waals surface area (Å²) < 4.78 is 61.0. The molecule has 0 aliphatic rings. The zero-order chi connectivity index (χ0) is 23.1. The van der Waals surface area contributed by atoms with E-state index < -0.39 is 25.8 Å². The second-order valence-corrected chi connectivity index (χ2v) is 10.6. The number of anilines is 2. The van der Waals surface area contributed by atoms with Gasteiger partial charge in [-0.25, -0.2) is 21.6 Å². The SMILES string of the molecule is Cc1ccc(NS(=O)(=O)c2ccc3[nH]c(=O)oc3c2)cc1S(=O)(=O)Nc1ccc(Cl)cc1. The third-order valence-electron chi connectivity index (χ3n) is 4.53. The molecule has 0 spiro atoms. The maximum atomic E-state index is 12.9. The molecule has 9 nitrogen and oxygen atoms in total. The number of halogens is 1. The van der Waals surface area contributed by atoms with Gasteiger partial charge < -0.3 is 4.42 Å². The van der Waals surface area contributed by atoms with Crippen LogP contribution < -0.4 is 15.2 Å². The van der Waals surface area contributed by atoms with Crippen molar-refractivity contribution in [2.75, 3.05) is 9.44 Å². The van der Waals surface area contributed by atoms with Gasteiger partial charge in [-0.15, -0.1) is 0 Å². The summed E-state index contributed by atoms with van der Waals surface area (Å²) in [6, 6.07) is 14.2.